The molecule has 0 spiro atoms. The number of primary sulfonamides is 1. The van der Waals surface area contributed by atoms with Gasteiger partial charge in [0, 0.05) is 11.7 Å². The zero-order valence-electron chi connectivity index (χ0n) is 10.2. The van der Waals surface area contributed by atoms with Crippen LogP contribution in [-0.4, -0.2) is 14.5 Å². The van der Waals surface area contributed by atoms with E-state index in [4.69, 9.17) is 5.14 Å². The highest BCUT2D eigenvalue weighted by Crippen LogP contribution is 2.45. The van der Waals surface area contributed by atoms with Crippen molar-refractivity contribution in [1.29, 1.82) is 0 Å². The molecule has 0 heterocycles. The van der Waals surface area contributed by atoms with Crippen LogP contribution in [0, 0.1) is 11.8 Å². The summed E-state index contributed by atoms with van der Waals surface area (Å²) in [6, 6.07) is 7.27. The standard InChI is InChI=1S/C13H18N2O2S/c14-18(16,17)12-5-3-11(4-6-12)15-13-8-9-1-2-10(13)7-9/h3-6,9-10,13,15H,1-2,7-8H2,(H2,14,16,17). The number of benzene rings is 1. The van der Waals surface area contributed by atoms with Crippen LogP contribution in [-0.2, 0) is 10.0 Å². The maximum Gasteiger partial charge on any atom is 0.238 e. The third-order valence-corrected chi connectivity index (χ3v) is 5.20. The summed E-state index contributed by atoms with van der Waals surface area (Å²) < 4.78 is 22.3. The van der Waals surface area contributed by atoms with E-state index in [1.54, 1.807) is 24.3 Å². The van der Waals surface area contributed by atoms with Gasteiger partial charge in [-0.25, -0.2) is 13.6 Å². The smallest absolute Gasteiger partial charge is 0.238 e. The summed E-state index contributed by atoms with van der Waals surface area (Å²) in [5.74, 6) is 1.70. The van der Waals surface area contributed by atoms with Gasteiger partial charge in [-0.3, -0.25) is 0 Å². The van der Waals surface area contributed by atoms with Gasteiger partial charge in [0.1, 0.15) is 0 Å². The molecule has 1 aromatic carbocycles. The van der Waals surface area contributed by atoms with Crippen LogP contribution in [0.5, 0.6) is 0 Å². The van der Waals surface area contributed by atoms with Crippen LogP contribution in [0.15, 0.2) is 29.2 Å². The fraction of sp³-hybridized carbons (Fsp3) is 0.538. The molecule has 2 saturated carbocycles. The van der Waals surface area contributed by atoms with E-state index < -0.39 is 10.0 Å². The number of hydrogen-bond donors (Lipinski definition) is 2. The van der Waals surface area contributed by atoms with Crippen molar-refractivity contribution in [3.05, 3.63) is 24.3 Å². The maximum atomic E-state index is 11.2. The second-order valence-corrected chi connectivity index (χ2v) is 7.06. The van der Waals surface area contributed by atoms with Gasteiger partial charge in [0.05, 0.1) is 4.90 Å². The molecule has 0 radical (unpaired) electrons. The number of anilines is 1. The number of rotatable bonds is 3. The highest BCUT2D eigenvalue weighted by molar-refractivity contribution is 7.89. The quantitative estimate of drug-likeness (QED) is 0.878. The first-order valence-corrected chi connectivity index (χ1v) is 7.96. The van der Waals surface area contributed by atoms with Gasteiger partial charge < -0.3 is 5.32 Å². The van der Waals surface area contributed by atoms with Crippen molar-refractivity contribution in [2.24, 2.45) is 17.0 Å². The van der Waals surface area contributed by atoms with Crippen LogP contribution in [0.25, 0.3) is 0 Å². The Hall–Kier alpha value is -1.07. The SMILES string of the molecule is NS(=O)(=O)c1ccc(NC2CC3CCC2C3)cc1. The Morgan fingerprint density at radius 3 is 2.33 bits per heavy atom. The summed E-state index contributed by atoms with van der Waals surface area (Å²) in [5.41, 5.74) is 0.986. The topological polar surface area (TPSA) is 72.2 Å². The van der Waals surface area contributed by atoms with Crippen molar-refractivity contribution < 1.29 is 8.42 Å². The van der Waals surface area contributed by atoms with Gasteiger partial charge in [-0.2, -0.15) is 0 Å². The lowest BCUT2D eigenvalue weighted by Crippen LogP contribution is -2.25. The number of nitrogens with one attached hydrogen (secondary N) is 1. The fourth-order valence-corrected chi connectivity index (χ4v) is 3.89. The number of sulfonamides is 1. The minimum absolute atomic E-state index is 0.168. The minimum atomic E-state index is -3.58. The summed E-state index contributed by atoms with van der Waals surface area (Å²) in [6.45, 7) is 0. The van der Waals surface area contributed by atoms with E-state index >= 15 is 0 Å². The summed E-state index contributed by atoms with van der Waals surface area (Å²) in [6.07, 6.45) is 5.32. The molecule has 2 bridgehead atoms. The van der Waals surface area contributed by atoms with Gasteiger partial charge in [-0.15, -0.1) is 0 Å². The van der Waals surface area contributed by atoms with Crippen LogP contribution in [0.2, 0.25) is 0 Å². The Labute approximate surface area is 108 Å². The molecule has 0 amide bonds. The van der Waals surface area contributed by atoms with Gasteiger partial charge in [-0.05, 0) is 55.4 Å². The number of fused-ring (bicyclic) bond motifs is 2. The number of nitrogens with two attached hydrogens (primary N) is 1. The van der Waals surface area contributed by atoms with Crippen molar-refractivity contribution in [3.63, 3.8) is 0 Å². The Morgan fingerprint density at radius 1 is 1.11 bits per heavy atom. The molecule has 3 unspecified atom stereocenters. The third kappa shape index (κ3) is 2.24. The van der Waals surface area contributed by atoms with E-state index in [-0.39, 0.29) is 4.90 Å². The first-order chi connectivity index (χ1) is 8.52. The Morgan fingerprint density at radius 2 is 1.83 bits per heavy atom. The molecule has 3 rings (SSSR count). The molecule has 4 nitrogen and oxygen atoms in total. The molecule has 1 aromatic rings. The van der Waals surface area contributed by atoms with Crippen LogP contribution < -0.4 is 10.5 Å². The van der Waals surface area contributed by atoms with Gasteiger partial charge in [-0.1, -0.05) is 6.42 Å². The monoisotopic (exact) mass is 266 g/mol. The molecule has 2 aliphatic carbocycles. The highest BCUT2D eigenvalue weighted by atomic mass is 32.2. The van der Waals surface area contributed by atoms with Gasteiger partial charge in [0.2, 0.25) is 10.0 Å². The predicted octanol–water partition coefficient (Wildman–Crippen LogP) is 1.93. The van der Waals surface area contributed by atoms with E-state index in [0.29, 0.717) is 6.04 Å². The normalized spacial score (nSPS) is 30.6. The zero-order chi connectivity index (χ0) is 12.8. The summed E-state index contributed by atoms with van der Waals surface area (Å²) in [7, 11) is -3.58. The van der Waals surface area contributed by atoms with Gasteiger partial charge in [0.15, 0.2) is 0 Å². The molecular weight excluding hydrogens is 248 g/mol. The molecule has 18 heavy (non-hydrogen) atoms. The largest absolute Gasteiger partial charge is 0.382 e. The van der Waals surface area contributed by atoms with Gasteiger partial charge in [0.25, 0.3) is 0 Å². The molecule has 0 aliphatic heterocycles. The second kappa shape index (κ2) is 4.24. The van der Waals surface area contributed by atoms with Crippen LogP contribution in [0.3, 0.4) is 0 Å². The lowest BCUT2D eigenvalue weighted by Gasteiger charge is -2.24. The molecule has 5 heteroatoms. The van der Waals surface area contributed by atoms with Crippen molar-refractivity contribution in [1.82, 2.24) is 0 Å². The lowest BCUT2D eigenvalue weighted by atomic mass is 9.95. The molecule has 98 valence electrons. The van der Waals surface area contributed by atoms with E-state index in [1.807, 2.05) is 0 Å². The van der Waals surface area contributed by atoms with Gasteiger partial charge >= 0.3 is 0 Å². The minimum Gasteiger partial charge on any atom is -0.382 e. The Balaban J connectivity index is 1.71. The van der Waals surface area contributed by atoms with Crippen molar-refractivity contribution in [2.75, 3.05) is 5.32 Å². The van der Waals surface area contributed by atoms with E-state index in [9.17, 15) is 8.42 Å². The highest BCUT2D eigenvalue weighted by Gasteiger charge is 2.39. The molecule has 2 aliphatic rings. The average Bonchev–Trinajstić information content (AvgIpc) is 2.90. The molecule has 0 aromatic heterocycles. The Kier molecular flexibility index (Phi) is 2.83. The molecule has 2 fully saturated rings. The second-order valence-electron chi connectivity index (χ2n) is 5.50. The first-order valence-electron chi connectivity index (χ1n) is 6.42. The predicted molar refractivity (Wildman–Crippen MR) is 70.7 cm³/mol. The van der Waals surface area contributed by atoms with E-state index in [0.717, 1.165) is 17.5 Å². The van der Waals surface area contributed by atoms with E-state index in [2.05, 4.69) is 5.32 Å². The van der Waals surface area contributed by atoms with Crippen LogP contribution in [0.1, 0.15) is 25.7 Å². The third-order valence-electron chi connectivity index (χ3n) is 4.27. The lowest BCUT2D eigenvalue weighted by molar-refractivity contribution is 0.440. The molecule has 3 N–H and O–H groups in total. The number of hydrogen-bond acceptors (Lipinski definition) is 3. The van der Waals surface area contributed by atoms with Crippen molar-refractivity contribution >= 4 is 15.7 Å². The first kappa shape index (κ1) is 12.0. The summed E-state index contributed by atoms with van der Waals surface area (Å²) in [5, 5.41) is 8.59. The molecule has 0 saturated heterocycles. The van der Waals surface area contributed by atoms with Crippen LogP contribution >= 0.6 is 0 Å². The molecule has 3 atom stereocenters. The maximum absolute atomic E-state index is 11.2. The van der Waals surface area contributed by atoms with E-state index in [1.165, 1.54) is 25.7 Å². The summed E-state index contributed by atoms with van der Waals surface area (Å²) in [4.78, 5) is 0.168. The fourth-order valence-electron chi connectivity index (χ4n) is 3.38. The average molecular weight is 266 g/mol. The Bertz CT molecular complexity index is 539. The molecular formula is C13H18N2O2S. The van der Waals surface area contributed by atoms with Crippen molar-refractivity contribution in [2.45, 2.75) is 36.6 Å². The van der Waals surface area contributed by atoms with Crippen LogP contribution in [0.4, 0.5) is 5.69 Å². The van der Waals surface area contributed by atoms with Crippen molar-refractivity contribution in [3.8, 4) is 0 Å². The summed E-state index contributed by atoms with van der Waals surface area (Å²) >= 11 is 0. The zero-order valence-corrected chi connectivity index (χ0v) is 11.0.